The largest absolute Gasteiger partial charge is 0.416 e. The van der Waals surface area contributed by atoms with Gasteiger partial charge in [0.1, 0.15) is 6.29 Å². The minimum absolute atomic E-state index is 0.276. The molecule has 1 aliphatic rings. The molecule has 1 aliphatic heterocycles. The molecular weight excluding hydrogens is 595 g/mol. The lowest BCUT2D eigenvalue weighted by atomic mass is 9.80. The molecule has 0 spiro atoms. The molecule has 12 heteroatoms. The first-order chi connectivity index (χ1) is 22.1. The maximum absolute atomic E-state index is 13.4. The van der Waals surface area contributed by atoms with Gasteiger partial charge in [0.2, 0.25) is 0 Å². The predicted octanol–water partition coefficient (Wildman–Crippen LogP) is 5.29. The highest BCUT2D eigenvalue weighted by Gasteiger charge is 2.38. The summed E-state index contributed by atoms with van der Waals surface area (Å²) < 4.78 is 39.0. The van der Waals surface area contributed by atoms with Crippen LogP contribution in [0.15, 0.2) is 66.9 Å². The van der Waals surface area contributed by atoms with E-state index in [9.17, 15) is 22.8 Å². The van der Waals surface area contributed by atoms with Gasteiger partial charge in [-0.05, 0) is 79.9 Å². The molecule has 46 heavy (non-hydrogen) atoms. The summed E-state index contributed by atoms with van der Waals surface area (Å²) in [5.74, 6) is 0. The number of rotatable bonds is 11. The van der Waals surface area contributed by atoms with Gasteiger partial charge in [-0.15, -0.1) is 0 Å². The van der Waals surface area contributed by atoms with E-state index < -0.39 is 17.8 Å². The van der Waals surface area contributed by atoms with E-state index in [1.165, 1.54) is 12.1 Å². The second kappa shape index (κ2) is 13.9. The number of urea groups is 1. The van der Waals surface area contributed by atoms with Crippen molar-refractivity contribution in [2.75, 3.05) is 39.5 Å². The van der Waals surface area contributed by atoms with E-state index in [4.69, 9.17) is 0 Å². The van der Waals surface area contributed by atoms with Gasteiger partial charge < -0.3 is 25.6 Å². The van der Waals surface area contributed by atoms with Crippen LogP contribution in [0.3, 0.4) is 0 Å². The molecule has 9 nitrogen and oxygen atoms in total. The Labute approximate surface area is 266 Å². The van der Waals surface area contributed by atoms with Crippen molar-refractivity contribution in [3.05, 3.63) is 94.7 Å². The molecule has 1 aromatic heterocycles. The Balaban J connectivity index is 1.26. The van der Waals surface area contributed by atoms with Crippen LogP contribution in [0.1, 0.15) is 40.7 Å². The summed E-state index contributed by atoms with van der Waals surface area (Å²) in [5, 5.41) is 17.7. The minimum atomic E-state index is -4.38. The number of nitrogens with one attached hydrogen (secondary N) is 4. The summed E-state index contributed by atoms with van der Waals surface area (Å²) in [5.41, 5.74) is 4.63. The van der Waals surface area contributed by atoms with E-state index in [0.717, 1.165) is 57.3 Å². The predicted molar refractivity (Wildman–Crippen MR) is 172 cm³/mol. The molecule has 0 aliphatic carbocycles. The number of nitrogens with zero attached hydrogens (tertiary/aromatic N) is 3. The van der Waals surface area contributed by atoms with Crippen LogP contribution in [0.25, 0.3) is 10.9 Å². The Morgan fingerprint density at radius 1 is 1.07 bits per heavy atom. The monoisotopic (exact) mass is 635 g/mol. The van der Waals surface area contributed by atoms with Gasteiger partial charge in [-0.3, -0.25) is 10.00 Å². The van der Waals surface area contributed by atoms with Crippen LogP contribution in [0.5, 0.6) is 0 Å². The normalized spacial score (nSPS) is 15.6. The van der Waals surface area contributed by atoms with E-state index in [1.807, 2.05) is 56.4 Å². The number of aldehydes is 1. The van der Waals surface area contributed by atoms with Crippen LogP contribution < -0.4 is 16.0 Å². The Hall–Kier alpha value is -4.42. The van der Waals surface area contributed by atoms with Crippen LogP contribution in [-0.2, 0) is 36.0 Å². The van der Waals surface area contributed by atoms with E-state index in [0.29, 0.717) is 39.0 Å². The number of fused-ring (bicyclic) bond motifs is 1. The van der Waals surface area contributed by atoms with E-state index >= 15 is 0 Å². The number of alkyl halides is 3. The van der Waals surface area contributed by atoms with Gasteiger partial charge in [-0.25, -0.2) is 4.79 Å². The highest BCUT2D eigenvalue weighted by molar-refractivity contribution is 5.83. The Kier molecular flexibility index (Phi) is 9.97. The molecule has 1 fully saturated rings. The van der Waals surface area contributed by atoms with E-state index in [-0.39, 0.29) is 18.0 Å². The van der Waals surface area contributed by atoms with Crippen molar-refractivity contribution in [1.29, 1.82) is 0 Å². The number of likely N-dealkylation sites (tertiary alicyclic amines) is 1. The molecule has 4 aromatic rings. The molecule has 5 rings (SSSR count). The molecule has 2 amide bonds. The lowest BCUT2D eigenvalue weighted by Gasteiger charge is -2.43. The maximum atomic E-state index is 13.4. The molecule has 3 aromatic carbocycles. The van der Waals surface area contributed by atoms with Gasteiger partial charge in [-0.1, -0.05) is 36.4 Å². The number of piperidine rings is 1. The highest BCUT2D eigenvalue weighted by Crippen LogP contribution is 2.37. The lowest BCUT2D eigenvalue weighted by Crippen LogP contribution is -2.55. The van der Waals surface area contributed by atoms with E-state index in [2.05, 4.69) is 32.2 Å². The first-order valence-electron chi connectivity index (χ1n) is 15.3. The van der Waals surface area contributed by atoms with Crippen LogP contribution >= 0.6 is 0 Å². The van der Waals surface area contributed by atoms with E-state index in [1.54, 1.807) is 11.1 Å². The standard InChI is InChI=1S/C34H40F3N7O2/c1-38-31-7-5-4-6-29(31)33(39-2)14-16-44(17-15-33)32(46)41-26(22-45)18-24-10-13-30-27(19-40-42-30)28(24)21-43(3)20-23-8-11-25(12-9-23)34(35,36)37/h4-13,19,22,26,38-39H,14-18,20-21H2,1-3H3,(H,40,42)(H,41,46)/t26-/m1/s1. The molecule has 0 saturated carbocycles. The number of halogens is 3. The third kappa shape index (κ3) is 7.18. The Morgan fingerprint density at radius 3 is 2.43 bits per heavy atom. The zero-order valence-electron chi connectivity index (χ0n) is 26.2. The number of benzene rings is 3. The fourth-order valence-electron chi connectivity index (χ4n) is 6.42. The fraction of sp³-hybridized carbons (Fsp3) is 0.382. The molecule has 1 saturated heterocycles. The molecule has 0 unspecified atom stereocenters. The topological polar surface area (TPSA) is 105 Å². The number of amides is 2. The average Bonchev–Trinajstić information content (AvgIpc) is 3.54. The number of carbonyl (C=O) groups excluding carboxylic acids is 2. The maximum Gasteiger partial charge on any atom is 0.416 e. The summed E-state index contributed by atoms with van der Waals surface area (Å²) >= 11 is 0. The van der Waals surface area contributed by atoms with Crippen molar-refractivity contribution in [2.24, 2.45) is 0 Å². The first-order valence-corrected chi connectivity index (χ1v) is 15.3. The van der Waals surface area contributed by atoms with Crippen LogP contribution in [0, 0.1) is 0 Å². The highest BCUT2D eigenvalue weighted by atomic mass is 19.4. The molecule has 2 heterocycles. The number of hydrogen-bond donors (Lipinski definition) is 4. The molecule has 0 radical (unpaired) electrons. The van der Waals surface area contributed by atoms with Crippen molar-refractivity contribution in [1.82, 2.24) is 30.6 Å². The lowest BCUT2D eigenvalue weighted by molar-refractivity contribution is -0.137. The Bertz CT molecular complexity index is 1650. The molecular formula is C34H40F3N7O2. The second-order valence-electron chi connectivity index (χ2n) is 11.9. The first kappa shape index (κ1) is 33.0. The molecule has 1 atom stereocenters. The number of para-hydroxylation sites is 1. The fourth-order valence-corrected chi connectivity index (χ4v) is 6.42. The van der Waals surface area contributed by atoms with Crippen molar-refractivity contribution >= 4 is 28.9 Å². The van der Waals surface area contributed by atoms with Gasteiger partial charge in [0.15, 0.2) is 0 Å². The second-order valence-corrected chi connectivity index (χ2v) is 11.9. The molecule has 4 N–H and O–H groups in total. The van der Waals surface area contributed by atoms with Gasteiger partial charge in [0.25, 0.3) is 0 Å². The summed E-state index contributed by atoms with van der Waals surface area (Å²) in [7, 11) is 5.73. The summed E-state index contributed by atoms with van der Waals surface area (Å²) in [6, 6.07) is 16.1. The van der Waals surface area contributed by atoms with Gasteiger partial charge in [0.05, 0.1) is 23.3 Å². The van der Waals surface area contributed by atoms with Crippen molar-refractivity contribution in [2.45, 2.75) is 50.1 Å². The third-order valence-electron chi connectivity index (χ3n) is 9.00. The SMILES string of the molecule is CNc1ccccc1C1(NC)CCN(C(=O)N[C@@H](C=O)Cc2ccc3[nH]ncc3c2CN(C)Cc2ccc(C(F)(F)F)cc2)CC1. The molecule has 244 valence electrons. The average molecular weight is 636 g/mol. The molecule has 0 bridgehead atoms. The zero-order chi connectivity index (χ0) is 32.9. The minimum Gasteiger partial charge on any atom is -0.388 e. The Morgan fingerprint density at radius 2 is 1.78 bits per heavy atom. The smallest absolute Gasteiger partial charge is 0.388 e. The number of H-pyrrole nitrogens is 1. The van der Waals surface area contributed by atoms with Crippen LogP contribution in [0.2, 0.25) is 0 Å². The number of aromatic amines is 1. The third-order valence-corrected chi connectivity index (χ3v) is 9.00. The van der Waals surface area contributed by atoms with Gasteiger partial charge in [0, 0.05) is 49.8 Å². The van der Waals surface area contributed by atoms with Crippen molar-refractivity contribution in [3.63, 3.8) is 0 Å². The number of anilines is 1. The van der Waals surface area contributed by atoms with Gasteiger partial charge >= 0.3 is 12.2 Å². The van der Waals surface area contributed by atoms with Crippen LogP contribution in [0.4, 0.5) is 23.7 Å². The number of aromatic nitrogens is 2. The number of hydrogen-bond acceptors (Lipinski definition) is 6. The van der Waals surface area contributed by atoms with Crippen molar-refractivity contribution in [3.8, 4) is 0 Å². The van der Waals surface area contributed by atoms with Crippen LogP contribution in [-0.4, -0.2) is 72.6 Å². The quantitative estimate of drug-likeness (QED) is 0.167. The summed E-state index contributed by atoms with van der Waals surface area (Å²) in [6.45, 7) is 1.93. The summed E-state index contributed by atoms with van der Waals surface area (Å²) in [4.78, 5) is 29.4. The summed E-state index contributed by atoms with van der Waals surface area (Å²) in [6.07, 6.45) is -0.184. The van der Waals surface area contributed by atoms with Gasteiger partial charge in [-0.2, -0.15) is 18.3 Å². The van der Waals surface area contributed by atoms with Crippen molar-refractivity contribution < 1.29 is 22.8 Å². The number of carbonyl (C=O) groups is 2. The zero-order valence-corrected chi connectivity index (χ0v) is 26.2.